The van der Waals surface area contributed by atoms with Crippen LogP contribution < -0.4 is 10.6 Å². The minimum atomic E-state index is -0.654. The van der Waals surface area contributed by atoms with Gasteiger partial charge < -0.3 is 15.4 Å². The molecule has 1 saturated heterocycles. The van der Waals surface area contributed by atoms with E-state index < -0.39 is 12.0 Å². The van der Waals surface area contributed by atoms with Crippen LogP contribution in [0.1, 0.15) is 49.6 Å². The highest BCUT2D eigenvalue weighted by atomic mass is 16.5. The Morgan fingerprint density at radius 2 is 2.35 bits per heavy atom. The molecular formula is C16H26N4O3. The van der Waals surface area contributed by atoms with Crippen molar-refractivity contribution >= 4 is 11.9 Å². The summed E-state index contributed by atoms with van der Waals surface area (Å²) in [7, 11) is 1.33. The molecule has 1 amide bonds. The second-order valence-electron chi connectivity index (χ2n) is 6.04. The van der Waals surface area contributed by atoms with Crippen LogP contribution >= 0.6 is 0 Å². The van der Waals surface area contributed by atoms with Gasteiger partial charge in [0.15, 0.2) is 0 Å². The number of hydrogen-bond acceptors (Lipinski definition) is 5. The molecule has 0 spiro atoms. The van der Waals surface area contributed by atoms with Crippen LogP contribution in [0, 0.1) is 5.92 Å². The lowest BCUT2D eigenvalue weighted by molar-refractivity contribution is -0.144. The fourth-order valence-corrected chi connectivity index (χ4v) is 2.73. The third-order valence-electron chi connectivity index (χ3n) is 4.44. The Balaban J connectivity index is 2.04. The third kappa shape index (κ3) is 4.31. The van der Waals surface area contributed by atoms with Crippen LogP contribution in [0.4, 0.5) is 0 Å². The monoisotopic (exact) mass is 322 g/mol. The molecule has 128 valence electrons. The fraction of sp³-hybridized carbons (Fsp3) is 0.688. The van der Waals surface area contributed by atoms with E-state index in [1.165, 1.54) is 7.11 Å². The van der Waals surface area contributed by atoms with Gasteiger partial charge in [-0.1, -0.05) is 20.3 Å². The van der Waals surface area contributed by atoms with E-state index in [1.807, 2.05) is 24.7 Å². The number of aromatic nitrogens is 2. The lowest BCUT2D eigenvalue weighted by Gasteiger charge is -2.23. The van der Waals surface area contributed by atoms with Crippen molar-refractivity contribution < 1.29 is 14.3 Å². The summed E-state index contributed by atoms with van der Waals surface area (Å²) in [4.78, 5) is 24.2. The molecule has 3 atom stereocenters. The van der Waals surface area contributed by atoms with Crippen molar-refractivity contribution in [1.29, 1.82) is 0 Å². The summed E-state index contributed by atoms with van der Waals surface area (Å²) in [5.74, 6) is -0.775. The molecule has 0 aliphatic carbocycles. The molecule has 0 saturated carbocycles. The van der Waals surface area contributed by atoms with Crippen molar-refractivity contribution in [1.82, 2.24) is 20.4 Å². The summed E-state index contributed by atoms with van der Waals surface area (Å²) in [6.45, 7) is 5.77. The molecule has 1 aromatic rings. The van der Waals surface area contributed by atoms with Gasteiger partial charge in [0.25, 0.3) is 5.91 Å². The fourth-order valence-electron chi connectivity index (χ4n) is 2.73. The van der Waals surface area contributed by atoms with Crippen LogP contribution in [-0.4, -0.2) is 47.9 Å². The Morgan fingerprint density at radius 1 is 1.57 bits per heavy atom. The molecule has 0 bridgehead atoms. The van der Waals surface area contributed by atoms with E-state index >= 15 is 0 Å². The predicted octanol–water partition coefficient (Wildman–Crippen LogP) is 1.13. The standard InChI is InChI=1S/C16H26N4O3/c1-4-11(2)14(16(22)23-3)18-15(21)13-7-9-20(19-13)12-6-5-8-17-10-12/h7,9,11-12,14,17H,4-6,8,10H2,1-3H3,(H,18,21)/t11-,12?,14-/m0/s1. The quantitative estimate of drug-likeness (QED) is 0.767. The minimum absolute atomic E-state index is 0.00368. The van der Waals surface area contributed by atoms with Gasteiger partial charge in [0, 0.05) is 12.7 Å². The van der Waals surface area contributed by atoms with E-state index in [0.29, 0.717) is 5.69 Å². The first-order chi connectivity index (χ1) is 11.1. The topological polar surface area (TPSA) is 85.3 Å². The van der Waals surface area contributed by atoms with Gasteiger partial charge in [0.2, 0.25) is 0 Å². The van der Waals surface area contributed by atoms with Crippen LogP contribution in [0.25, 0.3) is 0 Å². The van der Waals surface area contributed by atoms with Gasteiger partial charge in [-0.05, 0) is 31.4 Å². The van der Waals surface area contributed by atoms with E-state index in [1.54, 1.807) is 6.07 Å². The van der Waals surface area contributed by atoms with E-state index in [0.717, 1.165) is 32.4 Å². The highest BCUT2D eigenvalue weighted by molar-refractivity contribution is 5.95. The Hall–Kier alpha value is -1.89. The predicted molar refractivity (Wildman–Crippen MR) is 86.1 cm³/mol. The van der Waals surface area contributed by atoms with E-state index in [-0.39, 0.29) is 17.9 Å². The summed E-state index contributed by atoms with van der Waals surface area (Å²) in [6, 6.07) is 1.31. The number of hydrogen-bond donors (Lipinski definition) is 2. The van der Waals surface area contributed by atoms with Gasteiger partial charge in [0.05, 0.1) is 13.2 Å². The molecule has 7 nitrogen and oxygen atoms in total. The maximum atomic E-state index is 12.4. The number of esters is 1. The van der Waals surface area contributed by atoms with Gasteiger partial charge in [-0.2, -0.15) is 5.10 Å². The third-order valence-corrected chi connectivity index (χ3v) is 4.44. The molecule has 0 radical (unpaired) electrons. The number of carbonyl (C=O) groups is 2. The zero-order valence-electron chi connectivity index (χ0n) is 14.0. The largest absolute Gasteiger partial charge is 0.467 e. The summed E-state index contributed by atoms with van der Waals surface area (Å²) < 4.78 is 6.62. The zero-order valence-corrected chi connectivity index (χ0v) is 14.0. The van der Waals surface area contributed by atoms with Gasteiger partial charge >= 0.3 is 5.97 Å². The maximum absolute atomic E-state index is 12.4. The molecule has 1 aromatic heterocycles. The smallest absolute Gasteiger partial charge is 0.328 e. The number of carbonyl (C=O) groups excluding carboxylic acids is 2. The Kier molecular flexibility index (Phi) is 6.15. The highest BCUT2D eigenvalue weighted by Crippen LogP contribution is 2.16. The highest BCUT2D eigenvalue weighted by Gasteiger charge is 2.28. The van der Waals surface area contributed by atoms with Crippen molar-refractivity contribution in [3.05, 3.63) is 18.0 Å². The van der Waals surface area contributed by atoms with E-state index in [9.17, 15) is 9.59 Å². The normalized spacial score (nSPS) is 20.6. The Morgan fingerprint density at radius 3 is 2.96 bits per heavy atom. The number of amides is 1. The minimum Gasteiger partial charge on any atom is -0.467 e. The Bertz CT molecular complexity index is 537. The van der Waals surface area contributed by atoms with Crippen molar-refractivity contribution in [2.24, 2.45) is 5.92 Å². The van der Waals surface area contributed by atoms with Crippen LogP contribution in [0.2, 0.25) is 0 Å². The number of nitrogens with zero attached hydrogens (tertiary/aromatic N) is 2. The lowest BCUT2D eigenvalue weighted by Crippen LogP contribution is -2.45. The van der Waals surface area contributed by atoms with E-state index in [4.69, 9.17) is 4.74 Å². The molecule has 1 aliphatic rings. The number of ether oxygens (including phenoxy) is 1. The van der Waals surface area contributed by atoms with Crippen molar-refractivity contribution in [3.63, 3.8) is 0 Å². The van der Waals surface area contributed by atoms with Crippen molar-refractivity contribution in [2.75, 3.05) is 20.2 Å². The summed E-state index contributed by atoms with van der Waals surface area (Å²) >= 11 is 0. The zero-order chi connectivity index (χ0) is 16.8. The summed E-state index contributed by atoms with van der Waals surface area (Å²) in [6.07, 6.45) is 4.74. The average Bonchev–Trinajstić information content (AvgIpc) is 3.09. The van der Waals surface area contributed by atoms with Crippen molar-refractivity contribution in [3.8, 4) is 0 Å². The molecule has 1 unspecified atom stereocenters. The first-order valence-corrected chi connectivity index (χ1v) is 8.21. The van der Waals surface area contributed by atoms with E-state index in [2.05, 4.69) is 15.7 Å². The Labute approximate surface area is 136 Å². The first-order valence-electron chi connectivity index (χ1n) is 8.21. The van der Waals surface area contributed by atoms with Crippen LogP contribution in [0.3, 0.4) is 0 Å². The molecule has 0 aromatic carbocycles. The molecule has 2 rings (SSSR count). The number of rotatable bonds is 6. The second kappa shape index (κ2) is 8.10. The van der Waals surface area contributed by atoms with Crippen LogP contribution in [0.5, 0.6) is 0 Å². The first kappa shape index (κ1) is 17.5. The molecule has 2 heterocycles. The summed E-state index contributed by atoms with van der Waals surface area (Å²) in [5.41, 5.74) is 0.327. The van der Waals surface area contributed by atoms with Crippen LogP contribution in [-0.2, 0) is 9.53 Å². The number of nitrogens with one attached hydrogen (secondary N) is 2. The lowest BCUT2D eigenvalue weighted by atomic mass is 9.99. The molecule has 1 fully saturated rings. The molecule has 1 aliphatic heterocycles. The van der Waals surface area contributed by atoms with Gasteiger partial charge in [-0.25, -0.2) is 4.79 Å². The van der Waals surface area contributed by atoms with Gasteiger partial charge in [0.1, 0.15) is 11.7 Å². The molecule has 2 N–H and O–H groups in total. The van der Waals surface area contributed by atoms with Gasteiger partial charge in [-0.15, -0.1) is 0 Å². The number of methoxy groups -OCH3 is 1. The van der Waals surface area contributed by atoms with Crippen LogP contribution in [0.15, 0.2) is 12.3 Å². The van der Waals surface area contributed by atoms with Crippen molar-refractivity contribution in [2.45, 2.75) is 45.2 Å². The molecular weight excluding hydrogens is 296 g/mol. The SMILES string of the molecule is CC[C@H](C)[C@H](NC(=O)c1ccn(C2CCCNC2)n1)C(=O)OC. The molecule has 7 heteroatoms. The number of piperidine rings is 1. The average molecular weight is 322 g/mol. The maximum Gasteiger partial charge on any atom is 0.328 e. The molecule has 23 heavy (non-hydrogen) atoms. The summed E-state index contributed by atoms with van der Waals surface area (Å²) in [5, 5.41) is 10.4. The van der Waals surface area contributed by atoms with Gasteiger partial charge in [-0.3, -0.25) is 9.48 Å². The second-order valence-corrected chi connectivity index (χ2v) is 6.04.